The average molecular weight is 377 g/mol. The molecule has 0 heterocycles. The Labute approximate surface area is 125 Å². The van der Waals surface area contributed by atoms with Crippen LogP contribution in [0.3, 0.4) is 0 Å². The molecule has 1 rings (SSSR count). The van der Waals surface area contributed by atoms with Gasteiger partial charge < -0.3 is 15.2 Å². The SMILES string of the molecule is COc1ccc(C(=O)N[C@H](C(=O)O)C(C)C)c(I)c1. The highest BCUT2D eigenvalue weighted by atomic mass is 127. The van der Waals surface area contributed by atoms with Gasteiger partial charge in [-0.25, -0.2) is 4.79 Å². The number of hydrogen-bond acceptors (Lipinski definition) is 3. The Balaban J connectivity index is 2.91. The molecule has 0 aliphatic heterocycles. The first kappa shape index (κ1) is 15.7. The number of benzene rings is 1. The second kappa shape index (κ2) is 6.74. The molecule has 1 atom stereocenters. The minimum atomic E-state index is -1.04. The lowest BCUT2D eigenvalue weighted by atomic mass is 10.0. The number of rotatable bonds is 5. The molecule has 0 fully saturated rings. The summed E-state index contributed by atoms with van der Waals surface area (Å²) in [6.45, 7) is 3.50. The van der Waals surface area contributed by atoms with Gasteiger partial charge in [-0.1, -0.05) is 13.8 Å². The number of carbonyl (C=O) groups is 2. The molecule has 1 amide bonds. The third-order valence-corrected chi connectivity index (χ3v) is 3.53. The zero-order valence-corrected chi connectivity index (χ0v) is 13.1. The maximum absolute atomic E-state index is 12.1. The summed E-state index contributed by atoms with van der Waals surface area (Å²) in [7, 11) is 1.55. The molecular weight excluding hydrogens is 361 g/mol. The maximum Gasteiger partial charge on any atom is 0.326 e. The van der Waals surface area contributed by atoms with E-state index in [9.17, 15) is 9.59 Å². The number of nitrogens with one attached hydrogen (secondary N) is 1. The minimum Gasteiger partial charge on any atom is -0.497 e. The highest BCUT2D eigenvalue weighted by Gasteiger charge is 2.24. The zero-order chi connectivity index (χ0) is 14.6. The van der Waals surface area contributed by atoms with Crippen LogP contribution in [0.15, 0.2) is 18.2 Å². The van der Waals surface area contributed by atoms with Crippen LogP contribution in [-0.4, -0.2) is 30.1 Å². The first-order valence-corrected chi connectivity index (χ1v) is 6.82. The van der Waals surface area contributed by atoms with Crippen molar-refractivity contribution in [1.29, 1.82) is 0 Å². The summed E-state index contributed by atoms with van der Waals surface area (Å²) < 4.78 is 5.77. The lowest BCUT2D eigenvalue weighted by Crippen LogP contribution is -2.44. The molecule has 0 radical (unpaired) electrons. The quantitative estimate of drug-likeness (QED) is 0.772. The lowest BCUT2D eigenvalue weighted by molar-refractivity contribution is -0.140. The van der Waals surface area contributed by atoms with Gasteiger partial charge in [0.2, 0.25) is 0 Å². The van der Waals surface area contributed by atoms with E-state index in [0.29, 0.717) is 14.9 Å². The van der Waals surface area contributed by atoms with Gasteiger partial charge in [0.05, 0.1) is 12.7 Å². The van der Waals surface area contributed by atoms with Gasteiger partial charge >= 0.3 is 5.97 Å². The van der Waals surface area contributed by atoms with Crippen molar-refractivity contribution in [2.75, 3.05) is 7.11 Å². The van der Waals surface area contributed by atoms with Gasteiger partial charge in [0.15, 0.2) is 0 Å². The predicted octanol–water partition coefficient (Wildman–Crippen LogP) is 2.14. The van der Waals surface area contributed by atoms with Crippen LogP contribution >= 0.6 is 22.6 Å². The fourth-order valence-corrected chi connectivity index (χ4v) is 2.27. The summed E-state index contributed by atoms with van der Waals surface area (Å²) in [5.74, 6) is -0.961. The summed E-state index contributed by atoms with van der Waals surface area (Å²) in [6.07, 6.45) is 0. The molecule has 1 aromatic carbocycles. The van der Waals surface area contributed by atoms with Crippen LogP contribution in [0.5, 0.6) is 5.75 Å². The van der Waals surface area contributed by atoms with E-state index in [0.717, 1.165) is 0 Å². The monoisotopic (exact) mass is 377 g/mol. The number of halogens is 1. The fourth-order valence-electron chi connectivity index (χ4n) is 1.54. The molecule has 0 saturated carbocycles. The van der Waals surface area contributed by atoms with Crippen LogP contribution in [0.4, 0.5) is 0 Å². The molecule has 0 unspecified atom stereocenters. The van der Waals surface area contributed by atoms with Crippen LogP contribution < -0.4 is 10.1 Å². The molecular formula is C13H16INO4. The molecule has 0 saturated heterocycles. The Bertz CT molecular complexity index is 488. The van der Waals surface area contributed by atoms with E-state index in [-0.39, 0.29) is 5.92 Å². The van der Waals surface area contributed by atoms with Crippen molar-refractivity contribution in [3.63, 3.8) is 0 Å². The van der Waals surface area contributed by atoms with E-state index in [1.54, 1.807) is 39.2 Å². The van der Waals surface area contributed by atoms with Gasteiger partial charge in [-0.15, -0.1) is 0 Å². The number of carbonyl (C=O) groups excluding carboxylic acids is 1. The number of carboxylic acids is 1. The largest absolute Gasteiger partial charge is 0.497 e. The molecule has 1 aromatic rings. The molecule has 5 nitrogen and oxygen atoms in total. The summed E-state index contributed by atoms with van der Waals surface area (Å²) >= 11 is 2.02. The topological polar surface area (TPSA) is 75.6 Å². The first-order valence-electron chi connectivity index (χ1n) is 5.74. The number of methoxy groups -OCH3 is 1. The van der Waals surface area contributed by atoms with Crippen LogP contribution in [-0.2, 0) is 4.79 Å². The molecule has 0 bridgehead atoms. The van der Waals surface area contributed by atoms with Crippen LogP contribution in [0.1, 0.15) is 24.2 Å². The van der Waals surface area contributed by atoms with Crippen molar-refractivity contribution in [1.82, 2.24) is 5.32 Å². The van der Waals surface area contributed by atoms with E-state index in [1.165, 1.54) is 0 Å². The van der Waals surface area contributed by atoms with Crippen molar-refractivity contribution >= 4 is 34.5 Å². The highest BCUT2D eigenvalue weighted by Crippen LogP contribution is 2.19. The molecule has 0 aromatic heterocycles. The van der Waals surface area contributed by atoms with E-state index < -0.39 is 17.9 Å². The van der Waals surface area contributed by atoms with Gasteiger partial charge in [0, 0.05) is 3.57 Å². The molecule has 0 aliphatic rings. The summed E-state index contributed by atoms with van der Waals surface area (Å²) in [4.78, 5) is 23.1. The van der Waals surface area contributed by atoms with Crippen molar-refractivity contribution in [2.24, 2.45) is 5.92 Å². The molecule has 6 heteroatoms. The molecule has 104 valence electrons. The van der Waals surface area contributed by atoms with E-state index in [2.05, 4.69) is 5.32 Å². The third kappa shape index (κ3) is 4.09. The zero-order valence-electron chi connectivity index (χ0n) is 10.9. The predicted molar refractivity (Wildman–Crippen MR) is 79.4 cm³/mol. The van der Waals surface area contributed by atoms with E-state index in [1.807, 2.05) is 22.6 Å². The fraction of sp³-hybridized carbons (Fsp3) is 0.385. The second-order valence-corrected chi connectivity index (χ2v) is 5.54. The van der Waals surface area contributed by atoms with Crippen LogP contribution in [0.25, 0.3) is 0 Å². The number of hydrogen-bond donors (Lipinski definition) is 2. The normalized spacial score (nSPS) is 12.1. The number of ether oxygens (including phenoxy) is 1. The summed E-state index contributed by atoms with van der Waals surface area (Å²) in [6, 6.07) is 4.11. The van der Waals surface area contributed by atoms with Crippen molar-refractivity contribution in [2.45, 2.75) is 19.9 Å². The maximum atomic E-state index is 12.1. The minimum absolute atomic E-state index is 0.183. The number of aliphatic carboxylic acids is 1. The van der Waals surface area contributed by atoms with E-state index >= 15 is 0 Å². The van der Waals surface area contributed by atoms with Gasteiger partial charge in [0.25, 0.3) is 5.91 Å². The Morgan fingerprint density at radius 1 is 1.37 bits per heavy atom. The Morgan fingerprint density at radius 3 is 2.42 bits per heavy atom. The first-order chi connectivity index (χ1) is 8.86. The summed E-state index contributed by atoms with van der Waals surface area (Å²) in [5, 5.41) is 11.6. The van der Waals surface area contributed by atoms with Crippen LogP contribution in [0.2, 0.25) is 0 Å². The third-order valence-electron chi connectivity index (χ3n) is 2.64. The highest BCUT2D eigenvalue weighted by molar-refractivity contribution is 14.1. The number of carboxylic acid groups (broad SMARTS) is 1. The standard InChI is InChI=1S/C13H16INO4/c1-7(2)11(13(17)18)15-12(16)9-5-4-8(19-3)6-10(9)14/h4-7,11H,1-3H3,(H,15,16)(H,17,18)/t11-/m0/s1. The Kier molecular flexibility index (Phi) is 5.59. The molecule has 19 heavy (non-hydrogen) atoms. The summed E-state index contributed by atoms with van der Waals surface area (Å²) in [5.41, 5.74) is 0.438. The van der Waals surface area contributed by atoms with Gasteiger partial charge in [-0.05, 0) is 46.7 Å². The van der Waals surface area contributed by atoms with Crippen molar-refractivity contribution in [3.8, 4) is 5.75 Å². The smallest absolute Gasteiger partial charge is 0.326 e. The van der Waals surface area contributed by atoms with Gasteiger partial charge in [0.1, 0.15) is 11.8 Å². The average Bonchev–Trinajstić information content (AvgIpc) is 2.34. The van der Waals surface area contributed by atoms with E-state index in [4.69, 9.17) is 9.84 Å². The Morgan fingerprint density at radius 2 is 2.00 bits per heavy atom. The van der Waals surface area contributed by atoms with Crippen molar-refractivity contribution < 1.29 is 19.4 Å². The van der Waals surface area contributed by atoms with Gasteiger partial charge in [-0.2, -0.15) is 0 Å². The molecule has 0 spiro atoms. The molecule has 0 aliphatic carbocycles. The van der Waals surface area contributed by atoms with Crippen molar-refractivity contribution in [3.05, 3.63) is 27.3 Å². The Hall–Kier alpha value is -1.31. The van der Waals surface area contributed by atoms with Crippen LogP contribution in [0, 0.1) is 9.49 Å². The lowest BCUT2D eigenvalue weighted by Gasteiger charge is -2.18. The molecule has 2 N–H and O–H groups in total. The second-order valence-electron chi connectivity index (χ2n) is 4.38. The van der Waals surface area contributed by atoms with Gasteiger partial charge in [-0.3, -0.25) is 4.79 Å². The number of amides is 1.